The molecule has 1 aromatic heterocycles. The maximum Gasteiger partial charge on any atom is 0.410 e. The van der Waals surface area contributed by atoms with Gasteiger partial charge in [0.25, 0.3) is 0 Å². The van der Waals surface area contributed by atoms with Crippen molar-refractivity contribution in [2.75, 3.05) is 31.1 Å². The predicted octanol–water partition coefficient (Wildman–Crippen LogP) is 0.706. The molecule has 1 fully saturated rings. The third-order valence-electron chi connectivity index (χ3n) is 4.03. The number of rotatable bonds is 1. The van der Waals surface area contributed by atoms with E-state index in [1.54, 1.807) is 4.90 Å². The van der Waals surface area contributed by atoms with Crippen LogP contribution in [0.15, 0.2) is 6.33 Å². The fourth-order valence-electron chi connectivity index (χ4n) is 2.88. The molecule has 0 unspecified atom stereocenters. The van der Waals surface area contributed by atoms with Crippen molar-refractivity contribution in [2.45, 2.75) is 39.3 Å². The Morgan fingerprint density at radius 1 is 1.21 bits per heavy atom. The van der Waals surface area contributed by atoms with Crippen LogP contribution in [0.5, 0.6) is 0 Å². The van der Waals surface area contributed by atoms with Crippen LogP contribution in [0.25, 0.3) is 0 Å². The molecule has 8 heteroatoms. The number of ether oxygens (including phenoxy) is 1. The predicted molar refractivity (Wildman–Crippen MR) is 87.6 cm³/mol. The summed E-state index contributed by atoms with van der Waals surface area (Å²) >= 11 is 0. The number of carbonyl (C=O) groups is 2. The van der Waals surface area contributed by atoms with Gasteiger partial charge in [0.05, 0.1) is 18.7 Å². The summed E-state index contributed by atoms with van der Waals surface area (Å²) in [7, 11) is 0. The highest BCUT2D eigenvalue weighted by molar-refractivity contribution is 5.82. The Morgan fingerprint density at radius 2 is 1.92 bits per heavy atom. The highest BCUT2D eigenvalue weighted by Gasteiger charge is 2.29. The van der Waals surface area contributed by atoms with E-state index in [0.29, 0.717) is 39.1 Å². The lowest BCUT2D eigenvalue weighted by Gasteiger charge is -2.37. The van der Waals surface area contributed by atoms with Crippen molar-refractivity contribution >= 4 is 17.8 Å². The molecule has 2 aliphatic rings. The number of hydrogen-bond acceptors (Lipinski definition) is 6. The molecule has 0 atom stereocenters. The van der Waals surface area contributed by atoms with Gasteiger partial charge in [-0.1, -0.05) is 0 Å². The molecule has 3 heterocycles. The molecule has 0 aromatic carbocycles. The average molecular weight is 333 g/mol. The first-order valence-electron chi connectivity index (χ1n) is 8.16. The highest BCUT2D eigenvalue weighted by atomic mass is 16.6. The van der Waals surface area contributed by atoms with Gasteiger partial charge in [-0.2, -0.15) is 0 Å². The van der Waals surface area contributed by atoms with Crippen LogP contribution in [0.2, 0.25) is 0 Å². The lowest BCUT2D eigenvalue weighted by molar-refractivity contribution is -0.121. The van der Waals surface area contributed by atoms with Gasteiger partial charge in [-0.05, 0) is 20.8 Å². The van der Waals surface area contributed by atoms with Gasteiger partial charge in [-0.25, -0.2) is 14.8 Å². The second-order valence-electron chi connectivity index (χ2n) is 7.03. The molecule has 1 aromatic rings. The van der Waals surface area contributed by atoms with Crippen molar-refractivity contribution in [3.8, 4) is 0 Å². The maximum absolute atomic E-state index is 12.1. The van der Waals surface area contributed by atoms with E-state index < -0.39 is 5.60 Å². The molecule has 0 spiro atoms. The average Bonchev–Trinajstić information content (AvgIpc) is 2.53. The van der Waals surface area contributed by atoms with Crippen molar-refractivity contribution in [3.05, 3.63) is 17.6 Å². The van der Waals surface area contributed by atoms with Crippen molar-refractivity contribution < 1.29 is 14.3 Å². The number of fused-ring (bicyclic) bond motifs is 1. The molecule has 130 valence electrons. The summed E-state index contributed by atoms with van der Waals surface area (Å²) in [6.45, 7) is 8.48. The second kappa shape index (κ2) is 6.26. The molecular formula is C16H23N5O3. The number of nitrogens with zero attached hydrogens (tertiary/aromatic N) is 4. The first-order valence-corrected chi connectivity index (χ1v) is 8.16. The van der Waals surface area contributed by atoms with Crippen LogP contribution in [0.1, 0.15) is 32.0 Å². The lowest BCUT2D eigenvalue weighted by atomic mass is 10.1. The summed E-state index contributed by atoms with van der Waals surface area (Å²) in [6.07, 6.45) is 1.55. The number of aromatic nitrogens is 2. The monoisotopic (exact) mass is 333 g/mol. The van der Waals surface area contributed by atoms with Gasteiger partial charge in [-0.3, -0.25) is 4.79 Å². The number of hydrogen-bond donors (Lipinski definition) is 1. The Bertz CT molecular complexity index is 648. The smallest absolute Gasteiger partial charge is 0.410 e. The zero-order valence-electron chi connectivity index (χ0n) is 14.3. The number of amides is 2. The van der Waals surface area contributed by atoms with Gasteiger partial charge in [0, 0.05) is 31.7 Å². The Kier molecular flexibility index (Phi) is 4.29. The lowest BCUT2D eigenvalue weighted by Crippen LogP contribution is -2.50. The summed E-state index contributed by atoms with van der Waals surface area (Å²) < 4.78 is 5.41. The zero-order chi connectivity index (χ0) is 17.3. The SMILES string of the molecule is CC(C)(C)OC(=O)N1CCN(c2ncnc3c2CC(=O)NC3)CC1. The Labute approximate surface area is 141 Å². The van der Waals surface area contributed by atoms with Gasteiger partial charge in [0.2, 0.25) is 5.91 Å². The third-order valence-corrected chi connectivity index (χ3v) is 4.03. The third kappa shape index (κ3) is 3.58. The van der Waals surface area contributed by atoms with Crippen molar-refractivity contribution in [1.82, 2.24) is 20.2 Å². The van der Waals surface area contributed by atoms with Crippen LogP contribution < -0.4 is 10.2 Å². The molecule has 3 rings (SSSR count). The molecule has 0 aliphatic carbocycles. The number of nitrogens with one attached hydrogen (secondary N) is 1. The van der Waals surface area contributed by atoms with E-state index in [4.69, 9.17) is 4.74 Å². The van der Waals surface area contributed by atoms with E-state index in [2.05, 4.69) is 20.2 Å². The van der Waals surface area contributed by atoms with Gasteiger partial charge in [0.1, 0.15) is 17.7 Å². The standard InChI is InChI=1S/C16H23N5O3/c1-16(2,3)24-15(23)21-6-4-20(5-7-21)14-11-8-13(22)17-9-12(11)18-10-19-14/h10H,4-9H2,1-3H3,(H,17,22). The molecule has 1 N–H and O–H groups in total. The highest BCUT2D eigenvalue weighted by Crippen LogP contribution is 2.24. The minimum absolute atomic E-state index is 0.00839. The summed E-state index contributed by atoms with van der Waals surface area (Å²) in [5, 5.41) is 2.79. The molecule has 2 aliphatic heterocycles. The molecule has 1 saturated heterocycles. The van der Waals surface area contributed by atoms with Crippen LogP contribution in [0.3, 0.4) is 0 Å². The molecular weight excluding hydrogens is 310 g/mol. The molecule has 24 heavy (non-hydrogen) atoms. The van der Waals surface area contributed by atoms with Crippen molar-refractivity contribution in [1.29, 1.82) is 0 Å². The van der Waals surface area contributed by atoms with Crippen LogP contribution in [-0.2, 0) is 22.5 Å². The number of anilines is 1. The quantitative estimate of drug-likeness (QED) is 0.814. The van der Waals surface area contributed by atoms with E-state index in [1.165, 1.54) is 6.33 Å². The Balaban J connectivity index is 1.68. The minimum Gasteiger partial charge on any atom is -0.444 e. The number of piperazine rings is 1. The second-order valence-corrected chi connectivity index (χ2v) is 7.03. The summed E-state index contributed by atoms with van der Waals surface area (Å²) in [5.74, 6) is 0.796. The van der Waals surface area contributed by atoms with Crippen LogP contribution in [-0.4, -0.2) is 58.6 Å². The van der Waals surface area contributed by atoms with Crippen LogP contribution in [0, 0.1) is 0 Å². The molecule has 8 nitrogen and oxygen atoms in total. The van der Waals surface area contributed by atoms with Gasteiger partial charge in [0.15, 0.2) is 0 Å². The molecule has 0 bridgehead atoms. The summed E-state index contributed by atoms with van der Waals surface area (Å²) in [5.41, 5.74) is 1.27. The van der Waals surface area contributed by atoms with Crippen molar-refractivity contribution in [3.63, 3.8) is 0 Å². The molecule has 0 radical (unpaired) electrons. The van der Waals surface area contributed by atoms with Gasteiger partial charge < -0.3 is 19.9 Å². The molecule has 0 saturated carbocycles. The maximum atomic E-state index is 12.1. The first kappa shape index (κ1) is 16.5. The van der Waals surface area contributed by atoms with Gasteiger partial charge in [-0.15, -0.1) is 0 Å². The number of carbonyl (C=O) groups excluding carboxylic acids is 2. The Hall–Kier alpha value is -2.38. The van der Waals surface area contributed by atoms with Crippen LogP contribution in [0.4, 0.5) is 10.6 Å². The van der Waals surface area contributed by atoms with E-state index in [-0.39, 0.29) is 12.0 Å². The van der Waals surface area contributed by atoms with E-state index >= 15 is 0 Å². The first-order chi connectivity index (χ1) is 11.3. The topological polar surface area (TPSA) is 87.7 Å². The summed E-state index contributed by atoms with van der Waals surface area (Å²) in [6, 6.07) is 0. The molecule has 2 amide bonds. The summed E-state index contributed by atoms with van der Waals surface area (Å²) in [4.78, 5) is 36.3. The van der Waals surface area contributed by atoms with E-state index in [9.17, 15) is 9.59 Å². The normalized spacial score (nSPS) is 18.0. The fourth-order valence-corrected chi connectivity index (χ4v) is 2.88. The van der Waals surface area contributed by atoms with Crippen LogP contribution >= 0.6 is 0 Å². The van der Waals surface area contributed by atoms with Crippen molar-refractivity contribution in [2.24, 2.45) is 0 Å². The van der Waals surface area contributed by atoms with Gasteiger partial charge >= 0.3 is 6.09 Å². The minimum atomic E-state index is -0.493. The fraction of sp³-hybridized carbons (Fsp3) is 0.625. The zero-order valence-corrected chi connectivity index (χ0v) is 14.3. The van der Waals surface area contributed by atoms with E-state index in [1.807, 2.05) is 20.8 Å². The Morgan fingerprint density at radius 3 is 2.58 bits per heavy atom. The largest absolute Gasteiger partial charge is 0.444 e. The van der Waals surface area contributed by atoms with E-state index in [0.717, 1.165) is 17.1 Å².